The predicted octanol–water partition coefficient (Wildman–Crippen LogP) is 5.12. The number of benzene rings is 2. The number of halogens is 3. The van der Waals surface area contributed by atoms with Crippen LogP contribution in [-0.4, -0.2) is 5.91 Å². The highest BCUT2D eigenvalue weighted by Gasteiger charge is 2.12. The number of rotatable bonds is 2. The van der Waals surface area contributed by atoms with Crippen molar-refractivity contribution in [2.75, 3.05) is 11.1 Å². The topological polar surface area (TPSA) is 55.1 Å². The zero-order valence-corrected chi connectivity index (χ0v) is 15.3. The van der Waals surface area contributed by atoms with Crippen LogP contribution in [0.5, 0.6) is 0 Å². The Labute approximate surface area is 142 Å². The molecule has 0 spiro atoms. The van der Waals surface area contributed by atoms with E-state index < -0.39 is 0 Å². The van der Waals surface area contributed by atoms with Crippen molar-refractivity contribution in [3.05, 3.63) is 54.9 Å². The van der Waals surface area contributed by atoms with E-state index in [-0.39, 0.29) is 5.91 Å². The fourth-order valence-corrected chi connectivity index (χ4v) is 3.38. The number of hydrogen-bond acceptors (Lipinski definition) is 2. The first-order valence-corrected chi connectivity index (χ1v) is 8.08. The van der Waals surface area contributed by atoms with Crippen LogP contribution in [0.4, 0.5) is 11.4 Å². The van der Waals surface area contributed by atoms with Gasteiger partial charge in [-0.05, 0) is 52.7 Å². The van der Waals surface area contributed by atoms with E-state index in [0.717, 1.165) is 19.0 Å². The fourth-order valence-electron chi connectivity index (χ4n) is 1.65. The van der Waals surface area contributed by atoms with Crippen molar-refractivity contribution in [1.29, 1.82) is 0 Å². The van der Waals surface area contributed by atoms with Crippen molar-refractivity contribution in [3.63, 3.8) is 0 Å². The van der Waals surface area contributed by atoms with Crippen molar-refractivity contribution in [1.82, 2.24) is 0 Å². The van der Waals surface area contributed by atoms with Crippen LogP contribution >= 0.6 is 47.8 Å². The van der Waals surface area contributed by atoms with Gasteiger partial charge in [0.05, 0.1) is 11.4 Å². The summed E-state index contributed by atoms with van der Waals surface area (Å²) in [5.74, 6) is -0.208. The number of nitrogens with two attached hydrogens (primary N) is 1. The molecule has 2 rings (SSSR count). The summed E-state index contributed by atoms with van der Waals surface area (Å²) in [5, 5.41) is 2.82. The molecule has 0 fully saturated rings. The monoisotopic (exact) mass is 460 g/mol. The van der Waals surface area contributed by atoms with Crippen LogP contribution in [0.2, 0.25) is 0 Å². The summed E-state index contributed by atoms with van der Waals surface area (Å²) in [5.41, 5.74) is 8.62. The van der Waals surface area contributed by atoms with Crippen LogP contribution in [0.25, 0.3) is 0 Å². The lowest BCUT2D eigenvalue weighted by atomic mass is 10.1. The SMILES string of the molecule is Cc1ccc(C(=O)Nc2c(N)cc(Br)cc2Br)cc1Br. The molecule has 0 aliphatic rings. The average Bonchev–Trinajstić information content (AvgIpc) is 2.36. The van der Waals surface area contributed by atoms with E-state index in [4.69, 9.17) is 5.73 Å². The Balaban J connectivity index is 2.30. The summed E-state index contributed by atoms with van der Waals surface area (Å²) in [6.45, 7) is 1.97. The number of anilines is 2. The van der Waals surface area contributed by atoms with Crippen molar-refractivity contribution in [2.45, 2.75) is 6.92 Å². The van der Waals surface area contributed by atoms with Gasteiger partial charge in [0.25, 0.3) is 5.91 Å². The van der Waals surface area contributed by atoms with Crippen molar-refractivity contribution in [3.8, 4) is 0 Å². The minimum absolute atomic E-state index is 0.208. The van der Waals surface area contributed by atoms with Gasteiger partial charge < -0.3 is 11.1 Å². The summed E-state index contributed by atoms with van der Waals surface area (Å²) in [6, 6.07) is 9.02. The first-order valence-electron chi connectivity index (χ1n) is 5.70. The van der Waals surface area contributed by atoms with Gasteiger partial charge in [0.2, 0.25) is 0 Å². The van der Waals surface area contributed by atoms with Gasteiger partial charge in [-0.1, -0.05) is 37.9 Å². The van der Waals surface area contributed by atoms with E-state index in [9.17, 15) is 4.79 Å². The Bertz CT molecular complexity index is 663. The van der Waals surface area contributed by atoms with E-state index in [2.05, 4.69) is 53.1 Å². The smallest absolute Gasteiger partial charge is 0.255 e. The summed E-state index contributed by atoms with van der Waals surface area (Å²) in [6.07, 6.45) is 0. The number of amides is 1. The summed E-state index contributed by atoms with van der Waals surface area (Å²) < 4.78 is 2.47. The zero-order chi connectivity index (χ0) is 14.9. The second-order valence-electron chi connectivity index (χ2n) is 4.27. The maximum Gasteiger partial charge on any atom is 0.255 e. The second kappa shape index (κ2) is 6.28. The lowest BCUT2D eigenvalue weighted by Crippen LogP contribution is -2.13. The van der Waals surface area contributed by atoms with Gasteiger partial charge >= 0.3 is 0 Å². The van der Waals surface area contributed by atoms with Crippen LogP contribution in [-0.2, 0) is 0 Å². The third-order valence-electron chi connectivity index (χ3n) is 2.76. The Hall–Kier alpha value is -0.850. The van der Waals surface area contributed by atoms with Gasteiger partial charge in [-0.25, -0.2) is 0 Å². The van der Waals surface area contributed by atoms with E-state index in [1.807, 2.05) is 19.1 Å². The van der Waals surface area contributed by atoms with Crippen LogP contribution in [0.15, 0.2) is 43.7 Å². The summed E-state index contributed by atoms with van der Waals surface area (Å²) in [4.78, 5) is 12.2. The molecule has 3 nitrogen and oxygen atoms in total. The molecule has 1 amide bonds. The van der Waals surface area contributed by atoms with E-state index in [0.29, 0.717) is 16.9 Å². The molecule has 3 N–H and O–H groups in total. The molecule has 0 aliphatic carbocycles. The average molecular weight is 463 g/mol. The molecular weight excluding hydrogens is 452 g/mol. The van der Waals surface area contributed by atoms with Crippen LogP contribution in [0.1, 0.15) is 15.9 Å². The van der Waals surface area contributed by atoms with E-state index >= 15 is 0 Å². The molecule has 2 aromatic carbocycles. The second-order valence-corrected chi connectivity index (χ2v) is 6.89. The van der Waals surface area contributed by atoms with Crippen molar-refractivity contribution >= 4 is 65.1 Å². The molecule has 104 valence electrons. The minimum atomic E-state index is -0.208. The Morgan fingerprint density at radius 3 is 2.40 bits per heavy atom. The highest BCUT2D eigenvalue weighted by Crippen LogP contribution is 2.33. The van der Waals surface area contributed by atoms with Gasteiger partial charge in [0.15, 0.2) is 0 Å². The molecule has 0 aliphatic heterocycles. The van der Waals surface area contributed by atoms with Gasteiger partial charge in [-0.3, -0.25) is 4.79 Å². The summed E-state index contributed by atoms with van der Waals surface area (Å²) in [7, 11) is 0. The third kappa shape index (κ3) is 3.42. The van der Waals surface area contributed by atoms with Gasteiger partial charge in [0.1, 0.15) is 0 Å². The maximum atomic E-state index is 12.2. The molecule has 20 heavy (non-hydrogen) atoms. The van der Waals surface area contributed by atoms with Crippen molar-refractivity contribution < 1.29 is 4.79 Å². The van der Waals surface area contributed by atoms with Crippen LogP contribution in [0.3, 0.4) is 0 Å². The number of aryl methyl sites for hydroxylation is 1. The molecule has 0 heterocycles. The Kier molecular flexibility index (Phi) is 4.88. The predicted molar refractivity (Wildman–Crippen MR) is 93.1 cm³/mol. The normalized spacial score (nSPS) is 10.4. The maximum absolute atomic E-state index is 12.2. The number of carbonyl (C=O) groups excluding carboxylic acids is 1. The molecule has 0 saturated heterocycles. The quantitative estimate of drug-likeness (QED) is 0.609. The Morgan fingerprint density at radius 2 is 1.80 bits per heavy atom. The van der Waals surface area contributed by atoms with Crippen LogP contribution in [0, 0.1) is 6.92 Å². The molecule has 0 radical (unpaired) electrons. The molecule has 0 bridgehead atoms. The Morgan fingerprint density at radius 1 is 1.10 bits per heavy atom. The number of hydrogen-bond donors (Lipinski definition) is 2. The standard InChI is InChI=1S/C14H11Br3N2O/c1-7-2-3-8(4-10(7)16)14(20)19-13-11(17)5-9(15)6-12(13)18/h2-6H,18H2,1H3,(H,19,20). The highest BCUT2D eigenvalue weighted by molar-refractivity contribution is 9.11. The lowest BCUT2D eigenvalue weighted by Gasteiger charge is -2.11. The number of nitrogen functional groups attached to an aromatic ring is 1. The minimum Gasteiger partial charge on any atom is -0.397 e. The van der Waals surface area contributed by atoms with Gasteiger partial charge in [-0.2, -0.15) is 0 Å². The van der Waals surface area contributed by atoms with Crippen LogP contribution < -0.4 is 11.1 Å². The zero-order valence-electron chi connectivity index (χ0n) is 10.5. The molecule has 0 saturated carbocycles. The van der Waals surface area contributed by atoms with Crippen molar-refractivity contribution in [2.24, 2.45) is 0 Å². The first kappa shape index (κ1) is 15.5. The van der Waals surface area contributed by atoms with Gasteiger partial charge in [0, 0.05) is 19.0 Å². The number of nitrogens with one attached hydrogen (secondary N) is 1. The largest absolute Gasteiger partial charge is 0.397 e. The van der Waals surface area contributed by atoms with Gasteiger partial charge in [-0.15, -0.1) is 0 Å². The lowest BCUT2D eigenvalue weighted by molar-refractivity contribution is 0.102. The van der Waals surface area contributed by atoms with E-state index in [1.54, 1.807) is 18.2 Å². The molecule has 6 heteroatoms. The van der Waals surface area contributed by atoms with E-state index in [1.165, 1.54) is 0 Å². The summed E-state index contributed by atoms with van der Waals surface area (Å²) >= 11 is 10.2. The highest BCUT2D eigenvalue weighted by atomic mass is 79.9. The molecule has 0 aromatic heterocycles. The molecular formula is C14H11Br3N2O. The third-order valence-corrected chi connectivity index (χ3v) is 4.70. The fraction of sp³-hybridized carbons (Fsp3) is 0.0714. The molecule has 0 unspecified atom stereocenters. The molecule has 0 atom stereocenters. The molecule has 2 aromatic rings. The first-order chi connectivity index (χ1) is 9.38. The number of carbonyl (C=O) groups is 1.